The summed E-state index contributed by atoms with van der Waals surface area (Å²) < 4.78 is 12.8. The van der Waals surface area contributed by atoms with Gasteiger partial charge in [0, 0.05) is 19.8 Å². The molecule has 0 radical (unpaired) electrons. The molecule has 3 aromatic heterocycles. The second kappa shape index (κ2) is 6.96. The Morgan fingerprint density at radius 2 is 2.15 bits per heavy atom. The molecule has 0 N–H and O–H groups in total. The van der Waals surface area contributed by atoms with Crippen LogP contribution in [-0.4, -0.2) is 50.4 Å². The van der Waals surface area contributed by atoms with Gasteiger partial charge in [0.25, 0.3) is 5.91 Å². The van der Waals surface area contributed by atoms with Gasteiger partial charge in [-0.25, -0.2) is 4.98 Å². The van der Waals surface area contributed by atoms with E-state index in [-0.39, 0.29) is 12.0 Å². The summed E-state index contributed by atoms with van der Waals surface area (Å²) in [6, 6.07) is 5.79. The third-order valence-electron chi connectivity index (χ3n) is 4.70. The number of nitrogens with zero attached hydrogens (tertiary/aromatic N) is 5. The van der Waals surface area contributed by atoms with Crippen LogP contribution in [0.15, 0.2) is 35.1 Å². The lowest BCUT2D eigenvalue weighted by Gasteiger charge is -2.32. The molecule has 1 aliphatic heterocycles. The van der Waals surface area contributed by atoms with Crippen molar-refractivity contribution < 1.29 is 14.1 Å². The SMILES string of the molecule is Cc1noc(C)c1-c1cccc(C2CN(C(=O)c3cnn(C)c3)CCO2)n1. The third-order valence-corrected chi connectivity index (χ3v) is 4.70. The van der Waals surface area contributed by atoms with Crippen LogP contribution in [0, 0.1) is 13.8 Å². The molecule has 1 saturated heterocycles. The van der Waals surface area contributed by atoms with Crippen molar-refractivity contribution in [1.29, 1.82) is 0 Å². The van der Waals surface area contributed by atoms with Gasteiger partial charge in [0.15, 0.2) is 0 Å². The van der Waals surface area contributed by atoms with Gasteiger partial charge < -0.3 is 14.2 Å². The van der Waals surface area contributed by atoms with Crippen LogP contribution in [0.4, 0.5) is 0 Å². The molecule has 8 heteroatoms. The van der Waals surface area contributed by atoms with Gasteiger partial charge in [0.2, 0.25) is 0 Å². The summed E-state index contributed by atoms with van der Waals surface area (Å²) in [5.74, 6) is 0.688. The van der Waals surface area contributed by atoms with Crippen molar-refractivity contribution in [3.05, 3.63) is 53.3 Å². The molecule has 27 heavy (non-hydrogen) atoms. The fourth-order valence-corrected chi connectivity index (χ4v) is 3.35. The lowest BCUT2D eigenvalue weighted by atomic mass is 10.1. The minimum Gasteiger partial charge on any atom is -0.368 e. The van der Waals surface area contributed by atoms with E-state index in [1.165, 1.54) is 0 Å². The standard InChI is InChI=1S/C19H21N5O3/c1-12-18(13(2)27-22-12)16-6-4-5-15(21-16)17-11-24(7-8-26-17)19(25)14-9-20-23(3)10-14/h4-6,9-10,17H,7-8,11H2,1-3H3. The van der Waals surface area contributed by atoms with Gasteiger partial charge >= 0.3 is 0 Å². The van der Waals surface area contributed by atoms with E-state index in [0.717, 1.165) is 28.4 Å². The Morgan fingerprint density at radius 1 is 1.30 bits per heavy atom. The molecule has 1 amide bonds. The van der Waals surface area contributed by atoms with Gasteiger partial charge in [0.1, 0.15) is 11.9 Å². The van der Waals surface area contributed by atoms with Gasteiger partial charge in [-0.3, -0.25) is 9.48 Å². The first-order valence-corrected chi connectivity index (χ1v) is 8.82. The molecule has 1 unspecified atom stereocenters. The number of amides is 1. The Balaban J connectivity index is 1.57. The summed E-state index contributed by atoms with van der Waals surface area (Å²) in [6.07, 6.45) is 3.03. The fourth-order valence-electron chi connectivity index (χ4n) is 3.35. The Hall–Kier alpha value is -3.00. The number of pyridine rings is 1. The van der Waals surface area contributed by atoms with Crippen LogP contribution in [0.2, 0.25) is 0 Å². The molecule has 0 saturated carbocycles. The minimum atomic E-state index is -0.278. The number of aryl methyl sites for hydroxylation is 3. The average Bonchev–Trinajstić information content (AvgIpc) is 3.26. The molecule has 0 bridgehead atoms. The van der Waals surface area contributed by atoms with Crippen LogP contribution in [0.25, 0.3) is 11.3 Å². The topological polar surface area (TPSA) is 86.3 Å². The molecule has 3 aromatic rings. The number of carbonyl (C=O) groups excluding carboxylic acids is 1. The maximum atomic E-state index is 12.7. The number of rotatable bonds is 3. The van der Waals surface area contributed by atoms with Crippen molar-refractivity contribution in [3.63, 3.8) is 0 Å². The summed E-state index contributed by atoms with van der Waals surface area (Å²) in [4.78, 5) is 19.2. The number of aromatic nitrogens is 4. The maximum absolute atomic E-state index is 12.7. The zero-order valence-electron chi connectivity index (χ0n) is 15.5. The predicted molar refractivity (Wildman–Crippen MR) is 97.0 cm³/mol. The highest BCUT2D eigenvalue weighted by Gasteiger charge is 2.28. The van der Waals surface area contributed by atoms with E-state index in [4.69, 9.17) is 14.2 Å². The molecule has 0 spiro atoms. The van der Waals surface area contributed by atoms with Crippen LogP contribution >= 0.6 is 0 Å². The van der Waals surface area contributed by atoms with Crippen molar-refractivity contribution in [2.24, 2.45) is 7.05 Å². The minimum absolute atomic E-state index is 0.0433. The summed E-state index contributed by atoms with van der Waals surface area (Å²) in [6.45, 7) is 5.23. The van der Waals surface area contributed by atoms with Crippen molar-refractivity contribution >= 4 is 5.91 Å². The largest absolute Gasteiger partial charge is 0.368 e. The number of hydrogen-bond acceptors (Lipinski definition) is 6. The molecule has 1 fully saturated rings. The van der Waals surface area contributed by atoms with Gasteiger partial charge in [-0.15, -0.1) is 0 Å². The van der Waals surface area contributed by atoms with Crippen LogP contribution in [0.1, 0.15) is 33.6 Å². The third kappa shape index (κ3) is 3.35. The zero-order chi connectivity index (χ0) is 19.0. The number of hydrogen-bond donors (Lipinski definition) is 0. The molecule has 8 nitrogen and oxygen atoms in total. The van der Waals surface area contributed by atoms with E-state index >= 15 is 0 Å². The van der Waals surface area contributed by atoms with Gasteiger partial charge in [0.05, 0.1) is 47.6 Å². The van der Waals surface area contributed by atoms with Crippen LogP contribution in [-0.2, 0) is 11.8 Å². The van der Waals surface area contributed by atoms with Gasteiger partial charge in [-0.1, -0.05) is 11.2 Å². The van der Waals surface area contributed by atoms with E-state index < -0.39 is 0 Å². The van der Waals surface area contributed by atoms with Crippen molar-refractivity contribution in [2.75, 3.05) is 19.7 Å². The highest BCUT2D eigenvalue weighted by molar-refractivity contribution is 5.93. The lowest BCUT2D eigenvalue weighted by Crippen LogP contribution is -2.42. The second-order valence-corrected chi connectivity index (χ2v) is 6.66. The van der Waals surface area contributed by atoms with E-state index in [9.17, 15) is 4.79 Å². The monoisotopic (exact) mass is 367 g/mol. The molecule has 1 aliphatic rings. The number of carbonyl (C=O) groups is 1. The molecular weight excluding hydrogens is 346 g/mol. The smallest absolute Gasteiger partial charge is 0.257 e. The average molecular weight is 367 g/mol. The first-order valence-electron chi connectivity index (χ1n) is 8.82. The second-order valence-electron chi connectivity index (χ2n) is 6.66. The number of ether oxygens (including phenoxy) is 1. The zero-order valence-corrected chi connectivity index (χ0v) is 15.5. The van der Waals surface area contributed by atoms with E-state index in [0.29, 0.717) is 25.3 Å². The molecule has 1 atom stereocenters. The predicted octanol–water partition coefficient (Wildman–Crippen LogP) is 2.30. The van der Waals surface area contributed by atoms with Crippen molar-refractivity contribution in [2.45, 2.75) is 20.0 Å². The van der Waals surface area contributed by atoms with E-state index in [2.05, 4.69) is 10.3 Å². The van der Waals surface area contributed by atoms with Gasteiger partial charge in [-0.2, -0.15) is 5.10 Å². The molecule has 4 heterocycles. The Bertz CT molecular complexity index is 958. The van der Waals surface area contributed by atoms with Crippen molar-refractivity contribution in [3.8, 4) is 11.3 Å². The highest BCUT2D eigenvalue weighted by atomic mass is 16.5. The Morgan fingerprint density at radius 3 is 2.85 bits per heavy atom. The molecule has 0 aliphatic carbocycles. The first kappa shape index (κ1) is 17.4. The Kier molecular flexibility index (Phi) is 4.49. The lowest BCUT2D eigenvalue weighted by molar-refractivity contribution is -0.0246. The molecule has 140 valence electrons. The summed E-state index contributed by atoms with van der Waals surface area (Å²) >= 11 is 0. The molecule has 4 rings (SSSR count). The molecule has 0 aromatic carbocycles. The van der Waals surface area contributed by atoms with Crippen LogP contribution < -0.4 is 0 Å². The fraction of sp³-hybridized carbons (Fsp3) is 0.368. The highest BCUT2D eigenvalue weighted by Crippen LogP contribution is 2.28. The van der Waals surface area contributed by atoms with Crippen molar-refractivity contribution in [1.82, 2.24) is 24.8 Å². The maximum Gasteiger partial charge on any atom is 0.257 e. The normalized spacial score (nSPS) is 17.3. The van der Waals surface area contributed by atoms with Crippen LogP contribution in [0.5, 0.6) is 0 Å². The summed E-state index contributed by atoms with van der Waals surface area (Å²) in [5.41, 5.74) is 3.86. The number of morpholine rings is 1. The molecular formula is C19H21N5O3. The van der Waals surface area contributed by atoms with E-state index in [1.54, 1.807) is 29.0 Å². The summed E-state index contributed by atoms with van der Waals surface area (Å²) in [7, 11) is 1.79. The van der Waals surface area contributed by atoms with Gasteiger partial charge in [-0.05, 0) is 26.0 Å². The summed E-state index contributed by atoms with van der Waals surface area (Å²) in [5, 5.41) is 8.08. The van der Waals surface area contributed by atoms with E-state index in [1.807, 2.05) is 32.0 Å². The first-order chi connectivity index (χ1) is 13.0. The quantitative estimate of drug-likeness (QED) is 0.706. The Labute approximate surface area is 156 Å². The van der Waals surface area contributed by atoms with Crippen LogP contribution in [0.3, 0.4) is 0 Å².